The Morgan fingerprint density at radius 1 is 1.21 bits per heavy atom. The molecule has 33 heavy (non-hydrogen) atoms. The van der Waals surface area contributed by atoms with E-state index in [0.29, 0.717) is 47.0 Å². The van der Waals surface area contributed by atoms with Crippen LogP contribution in [0.4, 0.5) is 4.39 Å². The van der Waals surface area contributed by atoms with E-state index >= 15 is 0 Å². The smallest absolute Gasteiger partial charge is 0.308 e. The molecule has 2 N–H and O–H groups in total. The van der Waals surface area contributed by atoms with Crippen molar-refractivity contribution in [2.45, 2.75) is 25.9 Å². The Bertz CT molecular complexity index is 1290. The molecule has 1 aromatic heterocycles. The molecule has 2 atom stereocenters. The van der Waals surface area contributed by atoms with Crippen molar-refractivity contribution in [1.82, 2.24) is 9.88 Å². The van der Waals surface area contributed by atoms with Crippen LogP contribution in [0, 0.1) is 11.7 Å². The Labute approximate surface area is 193 Å². The molecule has 1 saturated heterocycles. The number of halogens is 2. The zero-order valence-electron chi connectivity index (χ0n) is 17.8. The Balaban J connectivity index is 1.59. The fourth-order valence-electron chi connectivity index (χ4n) is 4.13. The number of carbonyl (C=O) groups excluding carboxylic acids is 1. The summed E-state index contributed by atoms with van der Waals surface area (Å²) in [5.74, 6) is -1.93. The van der Waals surface area contributed by atoms with Gasteiger partial charge in [-0.3, -0.25) is 14.4 Å². The Kier molecular flexibility index (Phi) is 6.37. The van der Waals surface area contributed by atoms with E-state index in [-0.39, 0.29) is 23.0 Å². The SMILES string of the molecule is C[C@@H](Oc1ccc2c(-c3ccc(F)cc3Cl)c[nH]c(=O)c2c1)C(=O)N1CCCC(C(=O)O)C1. The number of amides is 1. The number of piperidine rings is 1. The Morgan fingerprint density at radius 3 is 2.73 bits per heavy atom. The largest absolute Gasteiger partial charge is 0.481 e. The number of aromatic nitrogens is 1. The zero-order valence-corrected chi connectivity index (χ0v) is 18.6. The number of hydrogen-bond acceptors (Lipinski definition) is 4. The van der Waals surface area contributed by atoms with Crippen LogP contribution in [0.15, 0.2) is 47.4 Å². The van der Waals surface area contributed by atoms with E-state index < -0.39 is 23.8 Å². The molecule has 1 fully saturated rings. The number of nitrogens with zero attached hydrogens (tertiary/aromatic N) is 1. The third-order valence-corrected chi connectivity index (χ3v) is 6.15. The van der Waals surface area contributed by atoms with Gasteiger partial charge in [0.1, 0.15) is 11.6 Å². The Morgan fingerprint density at radius 2 is 2.00 bits per heavy atom. The average molecular weight is 473 g/mol. The second-order valence-electron chi connectivity index (χ2n) is 8.08. The van der Waals surface area contributed by atoms with Gasteiger partial charge in [-0.1, -0.05) is 11.6 Å². The molecular formula is C24H22ClFN2O5. The van der Waals surface area contributed by atoms with E-state index in [4.69, 9.17) is 16.3 Å². The monoisotopic (exact) mass is 472 g/mol. The lowest BCUT2D eigenvalue weighted by Gasteiger charge is -2.32. The van der Waals surface area contributed by atoms with Gasteiger partial charge in [-0.05, 0) is 61.5 Å². The lowest BCUT2D eigenvalue weighted by atomic mass is 9.98. The number of carbonyl (C=O) groups is 2. The molecule has 0 saturated carbocycles. The van der Waals surface area contributed by atoms with E-state index in [1.54, 1.807) is 25.1 Å². The predicted octanol–water partition coefficient (Wildman–Crippen LogP) is 4.08. The standard InChI is InChI=1S/C24H22ClFN2O5/c1-13(23(30)28-8-2-3-14(12-28)24(31)32)33-16-5-7-17-19(10-16)22(29)27-11-20(17)18-6-4-15(26)9-21(18)25/h4-7,9-11,13-14H,2-3,8,12H2,1H3,(H,27,29)(H,31,32)/t13-,14?/m1/s1. The van der Waals surface area contributed by atoms with E-state index in [1.807, 2.05) is 0 Å². The number of aliphatic carboxylic acids is 1. The second kappa shape index (κ2) is 9.23. The van der Waals surface area contributed by atoms with Gasteiger partial charge < -0.3 is 19.7 Å². The summed E-state index contributed by atoms with van der Waals surface area (Å²) in [5.41, 5.74) is 0.838. The number of likely N-dealkylation sites (tertiary alicyclic amines) is 1. The summed E-state index contributed by atoms with van der Waals surface area (Å²) in [6.07, 6.45) is 1.83. The molecule has 0 bridgehead atoms. The van der Waals surface area contributed by atoms with Crippen LogP contribution < -0.4 is 10.3 Å². The lowest BCUT2D eigenvalue weighted by Crippen LogP contribution is -2.47. The van der Waals surface area contributed by atoms with Crippen molar-refractivity contribution in [3.05, 3.63) is 63.8 Å². The van der Waals surface area contributed by atoms with Crippen LogP contribution in [-0.2, 0) is 9.59 Å². The van der Waals surface area contributed by atoms with Crippen molar-refractivity contribution in [2.24, 2.45) is 5.92 Å². The lowest BCUT2D eigenvalue weighted by molar-refractivity contribution is -0.147. The van der Waals surface area contributed by atoms with Crippen LogP contribution in [0.2, 0.25) is 5.02 Å². The van der Waals surface area contributed by atoms with Gasteiger partial charge in [-0.15, -0.1) is 0 Å². The summed E-state index contributed by atoms with van der Waals surface area (Å²) in [5, 5.41) is 10.4. The fourth-order valence-corrected chi connectivity index (χ4v) is 4.40. The summed E-state index contributed by atoms with van der Waals surface area (Å²) in [7, 11) is 0. The number of rotatable bonds is 5. The maximum atomic E-state index is 13.5. The predicted molar refractivity (Wildman–Crippen MR) is 122 cm³/mol. The number of fused-ring (bicyclic) bond motifs is 1. The zero-order chi connectivity index (χ0) is 23.7. The number of aromatic amines is 1. The first-order valence-electron chi connectivity index (χ1n) is 10.5. The summed E-state index contributed by atoms with van der Waals surface area (Å²) < 4.78 is 19.3. The minimum atomic E-state index is -0.910. The normalized spacial score (nSPS) is 17.1. The molecule has 0 spiro atoms. The highest BCUT2D eigenvalue weighted by atomic mass is 35.5. The number of hydrogen-bond donors (Lipinski definition) is 2. The van der Waals surface area contributed by atoms with Gasteiger partial charge in [0, 0.05) is 30.4 Å². The van der Waals surface area contributed by atoms with Crippen LogP contribution in [0.3, 0.4) is 0 Å². The summed E-state index contributed by atoms with van der Waals surface area (Å²) in [6, 6.07) is 8.90. The van der Waals surface area contributed by atoms with Crippen LogP contribution >= 0.6 is 11.6 Å². The molecule has 2 heterocycles. The van der Waals surface area contributed by atoms with Crippen molar-refractivity contribution < 1.29 is 23.8 Å². The minimum absolute atomic E-state index is 0.154. The molecule has 1 amide bonds. The quantitative estimate of drug-likeness (QED) is 0.583. The van der Waals surface area contributed by atoms with Crippen LogP contribution in [-0.4, -0.2) is 46.1 Å². The minimum Gasteiger partial charge on any atom is -0.481 e. The highest BCUT2D eigenvalue weighted by Crippen LogP contribution is 2.33. The third-order valence-electron chi connectivity index (χ3n) is 5.84. The third kappa shape index (κ3) is 4.71. The van der Waals surface area contributed by atoms with Gasteiger partial charge in [-0.2, -0.15) is 0 Å². The molecule has 2 aromatic carbocycles. The first kappa shape index (κ1) is 22.8. The molecule has 1 aliphatic heterocycles. The molecule has 172 valence electrons. The van der Waals surface area contributed by atoms with Crippen molar-refractivity contribution >= 4 is 34.2 Å². The topological polar surface area (TPSA) is 99.7 Å². The number of ether oxygens (including phenoxy) is 1. The van der Waals surface area contributed by atoms with Crippen molar-refractivity contribution in [2.75, 3.05) is 13.1 Å². The van der Waals surface area contributed by atoms with Gasteiger partial charge >= 0.3 is 5.97 Å². The Hall–Kier alpha value is -3.39. The first-order valence-corrected chi connectivity index (χ1v) is 10.9. The second-order valence-corrected chi connectivity index (χ2v) is 8.49. The highest BCUT2D eigenvalue weighted by Gasteiger charge is 2.31. The maximum absolute atomic E-state index is 13.5. The van der Waals surface area contributed by atoms with Gasteiger partial charge in [0.2, 0.25) is 0 Å². The maximum Gasteiger partial charge on any atom is 0.308 e. The average Bonchev–Trinajstić information content (AvgIpc) is 2.79. The van der Waals surface area contributed by atoms with Crippen molar-refractivity contribution in [3.63, 3.8) is 0 Å². The molecule has 0 radical (unpaired) electrons. The summed E-state index contributed by atoms with van der Waals surface area (Å²) in [4.78, 5) is 40.7. The number of H-pyrrole nitrogens is 1. The van der Waals surface area contributed by atoms with E-state index in [1.165, 1.54) is 29.3 Å². The number of carboxylic acid groups (broad SMARTS) is 1. The van der Waals surface area contributed by atoms with Gasteiger partial charge in [0.05, 0.1) is 16.3 Å². The van der Waals surface area contributed by atoms with Gasteiger partial charge in [-0.25, -0.2) is 4.39 Å². The van der Waals surface area contributed by atoms with E-state index in [9.17, 15) is 23.9 Å². The van der Waals surface area contributed by atoms with Crippen LogP contribution in [0.5, 0.6) is 5.75 Å². The molecule has 9 heteroatoms. The van der Waals surface area contributed by atoms with Gasteiger partial charge in [0.25, 0.3) is 11.5 Å². The van der Waals surface area contributed by atoms with E-state index in [2.05, 4.69) is 4.98 Å². The molecule has 7 nitrogen and oxygen atoms in total. The first-order chi connectivity index (χ1) is 15.7. The number of benzene rings is 2. The number of carboxylic acids is 1. The van der Waals surface area contributed by atoms with Crippen molar-refractivity contribution in [3.8, 4) is 16.9 Å². The van der Waals surface area contributed by atoms with Gasteiger partial charge in [0.15, 0.2) is 6.10 Å². The molecule has 4 rings (SSSR count). The van der Waals surface area contributed by atoms with Crippen molar-refractivity contribution in [1.29, 1.82) is 0 Å². The number of pyridine rings is 1. The molecule has 0 aliphatic carbocycles. The molecule has 1 unspecified atom stereocenters. The van der Waals surface area contributed by atoms with E-state index in [0.717, 1.165) is 0 Å². The fraction of sp³-hybridized carbons (Fsp3) is 0.292. The molecule has 1 aliphatic rings. The van der Waals surface area contributed by atoms with Crippen LogP contribution in [0.1, 0.15) is 19.8 Å². The summed E-state index contributed by atoms with van der Waals surface area (Å²) >= 11 is 6.21. The highest BCUT2D eigenvalue weighted by molar-refractivity contribution is 6.33. The molecular weight excluding hydrogens is 451 g/mol. The molecule has 3 aromatic rings. The number of nitrogens with one attached hydrogen (secondary N) is 1. The van der Waals surface area contributed by atoms with Crippen LogP contribution in [0.25, 0.3) is 21.9 Å². The summed E-state index contributed by atoms with van der Waals surface area (Å²) in [6.45, 7) is 2.23.